The zero-order valence-electron chi connectivity index (χ0n) is 18.0. The van der Waals surface area contributed by atoms with E-state index in [1.807, 2.05) is 52.0 Å². The average molecular weight is 431 g/mol. The SMILES string of the molecule is CCOc1ccc(C(C)NC(=O)/C=C/c2ccc(S(=O)(=O)N(CC)CC)cc2)cc1. The number of rotatable bonds is 10. The minimum absolute atomic E-state index is 0.153. The third-order valence-electron chi connectivity index (χ3n) is 4.70. The zero-order valence-corrected chi connectivity index (χ0v) is 18.8. The van der Waals surface area contributed by atoms with Gasteiger partial charge >= 0.3 is 0 Å². The van der Waals surface area contributed by atoms with Gasteiger partial charge in [-0.3, -0.25) is 4.79 Å². The van der Waals surface area contributed by atoms with Crippen molar-refractivity contribution in [3.05, 3.63) is 65.7 Å². The number of amides is 1. The number of carbonyl (C=O) groups is 1. The van der Waals surface area contributed by atoms with Crippen LogP contribution in [0.3, 0.4) is 0 Å². The van der Waals surface area contributed by atoms with Gasteiger partial charge in [-0.05, 0) is 55.3 Å². The lowest BCUT2D eigenvalue weighted by Crippen LogP contribution is -2.30. The minimum Gasteiger partial charge on any atom is -0.494 e. The molecule has 1 amide bonds. The predicted molar refractivity (Wildman–Crippen MR) is 120 cm³/mol. The fourth-order valence-electron chi connectivity index (χ4n) is 3.00. The summed E-state index contributed by atoms with van der Waals surface area (Å²) >= 11 is 0. The molecule has 0 aromatic heterocycles. The summed E-state index contributed by atoms with van der Waals surface area (Å²) in [5, 5.41) is 2.91. The Labute approximate surface area is 179 Å². The van der Waals surface area contributed by atoms with Crippen LogP contribution in [0.5, 0.6) is 5.75 Å². The van der Waals surface area contributed by atoms with Crippen LogP contribution in [0.2, 0.25) is 0 Å². The molecule has 2 aromatic rings. The van der Waals surface area contributed by atoms with Crippen LogP contribution in [-0.4, -0.2) is 38.3 Å². The summed E-state index contributed by atoms with van der Waals surface area (Å²) in [4.78, 5) is 12.5. The van der Waals surface area contributed by atoms with E-state index < -0.39 is 10.0 Å². The lowest BCUT2D eigenvalue weighted by molar-refractivity contribution is -0.117. The number of hydrogen-bond donors (Lipinski definition) is 1. The first-order valence-corrected chi connectivity index (χ1v) is 11.6. The maximum Gasteiger partial charge on any atom is 0.244 e. The van der Waals surface area contributed by atoms with Gasteiger partial charge in [0.1, 0.15) is 5.75 Å². The molecule has 30 heavy (non-hydrogen) atoms. The van der Waals surface area contributed by atoms with Gasteiger partial charge in [0.2, 0.25) is 15.9 Å². The number of nitrogens with zero attached hydrogens (tertiary/aromatic N) is 1. The van der Waals surface area contributed by atoms with Crippen molar-refractivity contribution in [3.8, 4) is 5.75 Å². The fourth-order valence-corrected chi connectivity index (χ4v) is 4.46. The van der Waals surface area contributed by atoms with Crippen molar-refractivity contribution in [2.24, 2.45) is 0 Å². The molecule has 2 aromatic carbocycles. The Bertz CT molecular complexity index is 948. The first-order valence-electron chi connectivity index (χ1n) is 10.1. The lowest BCUT2D eigenvalue weighted by Gasteiger charge is -2.18. The van der Waals surface area contributed by atoms with Crippen LogP contribution < -0.4 is 10.1 Å². The van der Waals surface area contributed by atoms with Crippen molar-refractivity contribution in [1.82, 2.24) is 9.62 Å². The molecule has 0 fully saturated rings. The molecule has 1 N–H and O–H groups in total. The highest BCUT2D eigenvalue weighted by Crippen LogP contribution is 2.18. The van der Waals surface area contributed by atoms with Crippen molar-refractivity contribution in [2.75, 3.05) is 19.7 Å². The summed E-state index contributed by atoms with van der Waals surface area (Å²) in [5.74, 6) is 0.572. The van der Waals surface area contributed by atoms with E-state index in [-0.39, 0.29) is 16.8 Å². The molecule has 1 atom stereocenters. The molecule has 0 aliphatic carbocycles. The molecule has 1 unspecified atom stereocenters. The van der Waals surface area contributed by atoms with E-state index in [4.69, 9.17) is 4.74 Å². The topological polar surface area (TPSA) is 75.7 Å². The average Bonchev–Trinajstić information content (AvgIpc) is 2.74. The van der Waals surface area contributed by atoms with Crippen LogP contribution in [0.15, 0.2) is 59.5 Å². The van der Waals surface area contributed by atoms with E-state index >= 15 is 0 Å². The monoisotopic (exact) mass is 430 g/mol. The van der Waals surface area contributed by atoms with Crippen molar-refractivity contribution in [1.29, 1.82) is 0 Å². The van der Waals surface area contributed by atoms with Crippen LogP contribution in [0.25, 0.3) is 6.08 Å². The summed E-state index contributed by atoms with van der Waals surface area (Å²) in [6.07, 6.45) is 3.10. The van der Waals surface area contributed by atoms with E-state index in [0.717, 1.165) is 16.9 Å². The highest BCUT2D eigenvalue weighted by atomic mass is 32.2. The third-order valence-corrected chi connectivity index (χ3v) is 6.76. The lowest BCUT2D eigenvalue weighted by atomic mass is 10.1. The Hall–Kier alpha value is -2.64. The van der Waals surface area contributed by atoms with E-state index in [0.29, 0.717) is 19.7 Å². The Morgan fingerprint density at radius 2 is 1.63 bits per heavy atom. The van der Waals surface area contributed by atoms with Gasteiger partial charge in [-0.15, -0.1) is 0 Å². The van der Waals surface area contributed by atoms with E-state index in [1.165, 1.54) is 10.4 Å². The molecular weight excluding hydrogens is 400 g/mol. The van der Waals surface area contributed by atoms with Gasteiger partial charge in [0, 0.05) is 19.2 Å². The first kappa shape index (κ1) is 23.6. The number of hydrogen-bond acceptors (Lipinski definition) is 4. The number of carbonyl (C=O) groups excluding carboxylic acids is 1. The van der Waals surface area contributed by atoms with Crippen molar-refractivity contribution >= 4 is 22.0 Å². The normalized spacial score (nSPS) is 12.8. The van der Waals surface area contributed by atoms with Gasteiger partial charge in [-0.1, -0.05) is 38.1 Å². The quantitative estimate of drug-likeness (QED) is 0.578. The number of ether oxygens (including phenoxy) is 1. The highest BCUT2D eigenvalue weighted by molar-refractivity contribution is 7.89. The second-order valence-electron chi connectivity index (χ2n) is 6.72. The van der Waals surface area contributed by atoms with Crippen LogP contribution in [0.4, 0.5) is 0 Å². The molecule has 0 aliphatic heterocycles. The highest BCUT2D eigenvalue weighted by Gasteiger charge is 2.20. The summed E-state index contributed by atoms with van der Waals surface area (Å²) in [5.41, 5.74) is 1.73. The molecule has 0 saturated carbocycles. The Morgan fingerprint density at radius 1 is 1.03 bits per heavy atom. The third kappa shape index (κ3) is 6.18. The molecule has 6 nitrogen and oxygen atoms in total. The van der Waals surface area contributed by atoms with Crippen molar-refractivity contribution in [2.45, 2.75) is 38.6 Å². The van der Waals surface area contributed by atoms with E-state index in [1.54, 1.807) is 30.3 Å². The molecule has 0 aliphatic rings. The van der Waals surface area contributed by atoms with Crippen molar-refractivity contribution < 1.29 is 17.9 Å². The summed E-state index contributed by atoms with van der Waals surface area (Å²) in [6.45, 7) is 8.92. The maximum absolute atomic E-state index is 12.5. The van der Waals surface area contributed by atoms with Crippen LogP contribution in [-0.2, 0) is 14.8 Å². The second kappa shape index (κ2) is 10.9. The Balaban J connectivity index is 1.99. The van der Waals surface area contributed by atoms with Crippen LogP contribution in [0, 0.1) is 0 Å². The molecule has 0 bridgehead atoms. The van der Waals surface area contributed by atoms with Gasteiger partial charge in [-0.25, -0.2) is 8.42 Å². The van der Waals surface area contributed by atoms with Gasteiger partial charge < -0.3 is 10.1 Å². The van der Waals surface area contributed by atoms with Crippen LogP contribution >= 0.6 is 0 Å². The molecule has 162 valence electrons. The maximum atomic E-state index is 12.5. The second-order valence-corrected chi connectivity index (χ2v) is 8.66. The molecular formula is C23H30N2O4S. The van der Waals surface area contributed by atoms with E-state index in [9.17, 15) is 13.2 Å². The zero-order chi connectivity index (χ0) is 22.1. The molecule has 0 saturated heterocycles. The molecule has 7 heteroatoms. The number of benzene rings is 2. The standard InChI is InChI=1S/C23H30N2O4S/c1-5-25(6-2)30(27,28)22-15-8-19(9-16-22)10-17-23(26)24-18(4)20-11-13-21(14-12-20)29-7-3/h8-18H,5-7H2,1-4H3,(H,24,26)/b17-10+. The Kier molecular flexibility index (Phi) is 8.62. The predicted octanol–water partition coefficient (Wildman–Crippen LogP) is 4.01. The molecule has 0 radical (unpaired) electrons. The van der Waals surface area contributed by atoms with Gasteiger partial charge in [0.25, 0.3) is 0 Å². The summed E-state index contributed by atoms with van der Waals surface area (Å²) in [7, 11) is -3.48. The molecule has 0 heterocycles. The number of sulfonamides is 1. The van der Waals surface area contributed by atoms with Gasteiger partial charge in [0.05, 0.1) is 17.5 Å². The minimum atomic E-state index is -3.48. The smallest absolute Gasteiger partial charge is 0.244 e. The fraction of sp³-hybridized carbons (Fsp3) is 0.348. The summed E-state index contributed by atoms with van der Waals surface area (Å²) < 4.78 is 31.9. The molecule has 0 spiro atoms. The van der Waals surface area contributed by atoms with Crippen LogP contribution in [0.1, 0.15) is 44.9 Å². The summed E-state index contributed by atoms with van der Waals surface area (Å²) in [6, 6.07) is 14.0. The largest absolute Gasteiger partial charge is 0.494 e. The Morgan fingerprint density at radius 3 is 2.17 bits per heavy atom. The molecule has 2 rings (SSSR count). The van der Waals surface area contributed by atoms with Gasteiger partial charge in [-0.2, -0.15) is 4.31 Å². The van der Waals surface area contributed by atoms with E-state index in [2.05, 4.69) is 5.32 Å². The number of nitrogens with one attached hydrogen (secondary N) is 1. The first-order chi connectivity index (χ1) is 14.3. The van der Waals surface area contributed by atoms with Crippen molar-refractivity contribution in [3.63, 3.8) is 0 Å². The van der Waals surface area contributed by atoms with Gasteiger partial charge in [0.15, 0.2) is 0 Å².